The van der Waals surface area contributed by atoms with E-state index in [-0.39, 0.29) is 0 Å². The van der Waals surface area contributed by atoms with Crippen molar-refractivity contribution in [3.05, 3.63) is 23.8 Å². The molecule has 0 bridgehead atoms. The molecule has 0 unspecified atom stereocenters. The van der Waals surface area contributed by atoms with Crippen molar-refractivity contribution >= 4 is 5.69 Å². The highest BCUT2D eigenvalue weighted by Crippen LogP contribution is 2.31. The van der Waals surface area contributed by atoms with E-state index in [1.54, 1.807) is 7.11 Å². The van der Waals surface area contributed by atoms with Gasteiger partial charge in [-0.15, -0.1) is 0 Å². The van der Waals surface area contributed by atoms with Gasteiger partial charge in [0, 0.05) is 7.11 Å². The first-order chi connectivity index (χ1) is 6.79. The molecule has 0 aliphatic heterocycles. The van der Waals surface area contributed by atoms with E-state index in [2.05, 4.69) is 0 Å². The van der Waals surface area contributed by atoms with Gasteiger partial charge in [0.05, 0.1) is 18.4 Å². The molecule has 1 aromatic carbocycles. The van der Waals surface area contributed by atoms with Crippen molar-refractivity contribution in [2.75, 3.05) is 12.8 Å². The summed E-state index contributed by atoms with van der Waals surface area (Å²) in [5, 5.41) is 0. The summed E-state index contributed by atoms with van der Waals surface area (Å²) in [4.78, 5) is 0. The second-order valence-electron chi connectivity index (χ2n) is 3.62. The van der Waals surface area contributed by atoms with Gasteiger partial charge in [-0.2, -0.15) is 0 Å². The fourth-order valence-corrected chi connectivity index (χ4v) is 1.30. The summed E-state index contributed by atoms with van der Waals surface area (Å²) >= 11 is 0. The molecule has 1 aliphatic rings. The van der Waals surface area contributed by atoms with Crippen LogP contribution in [0.5, 0.6) is 5.75 Å². The normalized spacial score (nSPS) is 15.5. The molecule has 2 rings (SSSR count). The van der Waals surface area contributed by atoms with Crippen molar-refractivity contribution in [1.82, 2.24) is 0 Å². The lowest BCUT2D eigenvalue weighted by atomic mass is 10.2. The lowest BCUT2D eigenvalue weighted by Gasteiger charge is -2.09. The molecule has 0 heterocycles. The summed E-state index contributed by atoms with van der Waals surface area (Å²) in [5.41, 5.74) is 7.60. The smallest absolute Gasteiger partial charge is 0.142 e. The number of nitrogens with two attached hydrogens (primary N) is 1. The Bertz CT molecular complexity index is 321. The molecule has 0 saturated heterocycles. The summed E-state index contributed by atoms with van der Waals surface area (Å²) in [7, 11) is 1.68. The monoisotopic (exact) mass is 193 g/mol. The number of nitrogen functional groups attached to an aromatic ring is 1. The number of hydrogen-bond acceptors (Lipinski definition) is 3. The molecule has 1 aliphatic carbocycles. The molecule has 2 N–H and O–H groups in total. The number of hydrogen-bond donors (Lipinski definition) is 1. The van der Waals surface area contributed by atoms with E-state index in [1.807, 2.05) is 18.2 Å². The van der Waals surface area contributed by atoms with E-state index in [0.717, 1.165) is 24.2 Å². The molecule has 76 valence electrons. The average Bonchev–Trinajstić information content (AvgIpc) is 2.95. The van der Waals surface area contributed by atoms with Crippen LogP contribution in [0.2, 0.25) is 0 Å². The van der Waals surface area contributed by atoms with Gasteiger partial charge in [0.25, 0.3) is 0 Å². The van der Waals surface area contributed by atoms with E-state index >= 15 is 0 Å². The molecule has 3 nitrogen and oxygen atoms in total. The molecule has 3 heteroatoms. The Morgan fingerprint density at radius 3 is 2.86 bits per heavy atom. The minimum atomic E-state index is 0.384. The zero-order chi connectivity index (χ0) is 9.97. The summed E-state index contributed by atoms with van der Waals surface area (Å²) in [6.45, 7) is 0.599. The van der Waals surface area contributed by atoms with Crippen molar-refractivity contribution in [2.24, 2.45) is 0 Å². The van der Waals surface area contributed by atoms with Gasteiger partial charge in [0.15, 0.2) is 0 Å². The first kappa shape index (κ1) is 9.34. The van der Waals surface area contributed by atoms with Crippen molar-refractivity contribution in [1.29, 1.82) is 0 Å². The van der Waals surface area contributed by atoms with Crippen molar-refractivity contribution in [2.45, 2.75) is 25.6 Å². The second kappa shape index (κ2) is 3.88. The summed E-state index contributed by atoms with van der Waals surface area (Å²) in [6.07, 6.45) is 2.68. The molecule has 0 radical (unpaired) electrons. The molecule has 1 aromatic rings. The van der Waals surface area contributed by atoms with Crippen LogP contribution in [0.1, 0.15) is 18.4 Å². The van der Waals surface area contributed by atoms with Crippen LogP contribution in [0.3, 0.4) is 0 Å². The first-order valence-electron chi connectivity index (χ1n) is 4.83. The van der Waals surface area contributed by atoms with Crippen molar-refractivity contribution < 1.29 is 9.47 Å². The molecule has 0 amide bonds. The lowest BCUT2D eigenvalue weighted by molar-refractivity contribution is 0.184. The standard InChI is InChI=1S/C11H15NO2/c1-13-7-8-2-5-10(12)11(6-8)14-9-3-4-9/h2,5-6,9H,3-4,7,12H2,1H3. The van der Waals surface area contributed by atoms with Gasteiger partial charge in [-0.3, -0.25) is 0 Å². The Labute approximate surface area is 83.8 Å². The zero-order valence-electron chi connectivity index (χ0n) is 8.32. The topological polar surface area (TPSA) is 44.5 Å². The molecule has 0 aromatic heterocycles. The molecule has 1 fully saturated rings. The van der Waals surface area contributed by atoms with E-state index in [9.17, 15) is 0 Å². The van der Waals surface area contributed by atoms with Crippen molar-refractivity contribution in [3.63, 3.8) is 0 Å². The largest absolute Gasteiger partial charge is 0.488 e. The minimum Gasteiger partial charge on any atom is -0.488 e. The Hall–Kier alpha value is -1.22. The van der Waals surface area contributed by atoms with Gasteiger partial charge in [-0.05, 0) is 30.5 Å². The van der Waals surface area contributed by atoms with Crippen LogP contribution in [0.25, 0.3) is 0 Å². The highest BCUT2D eigenvalue weighted by atomic mass is 16.5. The molecule has 0 atom stereocenters. The summed E-state index contributed by atoms with van der Waals surface area (Å²) < 4.78 is 10.7. The van der Waals surface area contributed by atoms with Crippen LogP contribution in [-0.2, 0) is 11.3 Å². The maximum atomic E-state index is 5.80. The summed E-state index contributed by atoms with van der Waals surface area (Å²) in [6, 6.07) is 5.78. The quantitative estimate of drug-likeness (QED) is 0.743. The molecular weight excluding hydrogens is 178 g/mol. The van der Waals surface area contributed by atoms with Gasteiger partial charge in [-0.25, -0.2) is 0 Å². The Morgan fingerprint density at radius 1 is 1.43 bits per heavy atom. The number of ether oxygens (including phenoxy) is 2. The lowest BCUT2D eigenvalue weighted by Crippen LogP contribution is -2.01. The van der Waals surface area contributed by atoms with Crippen LogP contribution in [0, 0.1) is 0 Å². The fraction of sp³-hybridized carbons (Fsp3) is 0.455. The molecular formula is C11H15NO2. The predicted molar refractivity (Wildman–Crippen MR) is 55.2 cm³/mol. The summed E-state index contributed by atoms with van der Waals surface area (Å²) in [5.74, 6) is 0.794. The molecule has 0 spiro atoms. The number of anilines is 1. The van der Waals surface area contributed by atoms with Gasteiger partial charge in [0.2, 0.25) is 0 Å². The van der Waals surface area contributed by atoms with Gasteiger partial charge in [0.1, 0.15) is 5.75 Å². The van der Waals surface area contributed by atoms with Crippen molar-refractivity contribution in [3.8, 4) is 5.75 Å². The number of benzene rings is 1. The highest BCUT2D eigenvalue weighted by Gasteiger charge is 2.24. The van der Waals surface area contributed by atoms with E-state index < -0.39 is 0 Å². The maximum Gasteiger partial charge on any atom is 0.142 e. The Kier molecular flexibility index (Phi) is 2.59. The van der Waals surface area contributed by atoms with Crippen LogP contribution in [-0.4, -0.2) is 13.2 Å². The number of methoxy groups -OCH3 is 1. The fourth-order valence-electron chi connectivity index (χ4n) is 1.30. The van der Waals surface area contributed by atoms with E-state index in [4.69, 9.17) is 15.2 Å². The van der Waals surface area contributed by atoms with Crippen LogP contribution < -0.4 is 10.5 Å². The Balaban J connectivity index is 2.13. The minimum absolute atomic E-state index is 0.384. The van der Waals surface area contributed by atoms with Gasteiger partial charge in [-0.1, -0.05) is 6.07 Å². The van der Waals surface area contributed by atoms with Crippen LogP contribution in [0.4, 0.5) is 5.69 Å². The zero-order valence-corrected chi connectivity index (χ0v) is 8.32. The second-order valence-corrected chi connectivity index (χ2v) is 3.62. The maximum absolute atomic E-state index is 5.80. The van der Waals surface area contributed by atoms with Gasteiger partial charge < -0.3 is 15.2 Å². The van der Waals surface area contributed by atoms with Crippen LogP contribution >= 0.6 is 0 Å². The SMILES string of the molecule is COCc1ccc(N)c(OC2CC2)c1. The first-order valence-corrected chi connectivity index (χ1v) is 4.83. The number of rotatable bonds is 4. The highest BCUT2D eigenvalue weighted by molar-refractivity contribution is 5.54. The van der Waals surface area contributed by atoms with E-state index in [0.29, 0.717) is 18.4 Å². The molecule has 14 heavy (non-hydrogen) atoms. The van der Waals surface area contributed by atoms with E-state index in [1.165, 1.54) is 0 Å². The third kappa shape index (κ3) is 2.17. The average molecular weight is 193 g/mol. The molecule has 1 saturated carbocycles. The Morgan fingerprint density at radius 2 is 2.21 bits per heavy atom. The third-order valence-corrected chi connectivity index (χ3v) is 2.21. The predicted octanol–water partition coefficient (Wildman–Crippen LogP) is 1.96. The third-order valence-electron chi connectivity index (χ3n) is 2.21. The van der Waals surface area contributed by atoms with Crippen LogP contribution in [0.15, 0.2) is 18.2 Å². The van der Waals surface area contributed by atoms with Gasteiger partial charge >= 0.3 is 0 Å².